The molecule has 80 valence electrons. The van der Waals surface area contributed by atoms with Gasteiger partial charge in [-0.2, -0.15) is 5.53 Å². The van der Waals surface area contributed by atoms with Crippen LogP contribution in [0.5, 0.6) is 0 Å². The standard InChI is InChI=1S/C9H24N4/c1-5-9(2,3)8-13(4)7-6-11-12-10/h11-12H,5-8,10H2,1-4H3. The summed E-state index contributed by atoms with van der Waals surface area (Å²) in [5, 5.41) is 0. The third-order valence-corrected chi connectivity index (χ3v) is 2.38. The van der Waals surface area contributed by atoms with Crippen LogP contribution in [-0.2, 0) is 0 Å². The first-order chi connectivity index (χ1) is 6.02. The summed E-state index contributed by atoms with van der Waals surface area (Å²) < 4.78 is 0. The molecule has 4 nitrogen and oxygen atoms in total. The van der Waals surface area contributed by atoms with Gasteiger partial charge in [0.25, 0.3) is 0 Å². The Kier molecular flexibility index (Phi) is 6.24. The molecule has 0 saturated heterocycles. The molecule has 0 heterocycles. The maximum Gasteiger partial charge on any atom is 0.0241 e. The van der Waals surface area contributed by atoms with Crippen LogP contribution >= 0.6 is 0 Å². The molecule has 4 heteroatoms. The summed E-state index contributed by atoms with van der Waals surface area (Å²) in [6, 6.07) is 0. The fraction of sp³-hybridized carbons (Fsp3) is 1.00. The van der Waals surface area contributed by atoms with Crippen molar-refractivity contribution in [3.05, 3.63) is 0 Å². The fourth-order valence-electron chi connectivity index (χ4n) is 1.24. The minimum Gasteiger partial charge on any atom is -0.305 e. The number of likely N-dealkylation sites (N-methyl/N-ethyl adjacent to an activating group) is 1. The lowest BCUT2D eigenvalue weighted by Crippen LogP contribution is -2.43. The fourth-order valence-corrected chi connectivity index (χ4v) is 1.24. The maximum atomic E-state index is 5.09. The van der Waals surface area contributed by atoms with Gasteiger partial charge in [-0.15, -0.1) is 0 Å². The van der Waals surface area contributed by atoms with Crippen LogP contribution < -0.4 is 16.8 Å². The van der Waals surface area contributed by atoms with Crippen molar-refractivity contribution in [1.82, 2.24) is 15.9 Å². The zero-order valence-electron chi connectivity index (χ0n) is 9.35. The predicted molar refractivity (Wildman–Crippen MR) is 56.9 cm³/mol. The summed E-state index contributed by atoms with van der Waals surface area (Å²) in [6.07, 6.45) is 1.21. The summed E-state index contributed by atoms with van der Waals surface area (Å²) in [7, 11) is 2.13. The quantitative estimate of drug-likeness (QED) is 0.306. The Balaban J connectivity index is 3.55. The molecule has 0 radical (unpaired) electrons. The molecule has 0 spiro atoms. The van der Waals surface area contributed by atoms with E-state index in [0.717, 1.165) is 19.6 Å². The summed E-state index contributed by atoms with van der Waals surface area (Å²) >= 11 is 0. The number of hydrogen-bond acceptors (Lipinski definition) is 4. The van der Waals surface area contributed by atoms with E-state index in [1.807, 2.05) is 0 Å². The molecule has 0 atom stereocenters. The zero-order chi connectivity index (χ0) is 10.3. The maximum absolute atomic E-state index is 5.09. The normalized spacial score (nSPS) is 12.5. The summed E-state index contributed by atoms with van der Waals surface area (Å²) in [5.41, 5.74) is 5.70. The number of nitrogens with two attached hydrogens (primary N) is 1. The van der Waals surface area contributed by atoms with Gasteiger partial charge in [0.05, 0.1) is 0 Å². The molecule has 0 saturated carbocycles. The zero-order valence-corrected chi connectivity index (χ0v) is 9.35. The minimum atomic E-state index is 0.408. The van der Waals surface area contributed by atoms with Crippen LogP contribution in [0.1, 0.15) is 27.2 Å². The van der Waals surface area contributed by atoms with Crippen LogP contribution in [0.25, 0.3) is 0 Å². The lowest BCUT2D eigenvalue weighted by molar-refractivity contribution is 0.202. The molecule has 0 aromatic rings. The topological polar surface area (TPSA) is 53.3 Å². The molecule has 0 aliphatic heterocycles. The summed E-state index contributed by atoms with van der Waals surface area (Å²) in [5.74, 6) is 5.09. The molecular formula is C9H24N4. The Hall–Kier alpha value is -0.160. The van der Waals surface area contributed by atoms with E-state index in [-0.39, 0.29) is 0 Å². The first-order valence-corrected chi connectivity index (χ1v) is 4.89. The van der Waals surface area contributed by atoms with Crippen molar-refractivity contribution in [3.8, 4) is 0 Å². The summed E-state index contributed by atoms with van der Waals surface area (Å²) in [4.78, 5) is 2.31. The van der Waals surface area contributed by atoms with E-state index < -0.39 is 0 Å². The number of rotatable bonds is 7. The molecule has 0 bridgehead atoms. The Morgan fingerprint density at radius 3 is 2.46 bits per heavy atom. The highest BCUT2D eigenvalue weighted by atomic mass is 15.5. The third kappa shape index (κ3) is 6.95. The largest absolute Gasteiger partial charge is 0.305 e. The molecule has 0 aliphatic carbocycles. The average Bonchev–Trinajstić information content (AvgIpc) is 2.04. The number of hydrazine groups is 2. The second-order valence-corrected chi connectivity index (χ2v) is 4.33. The molecule has 0 aromatic heterocycles. The lowest BCUT2D eigenvalue weighted by atomic mass is 9.90. The lowest BCUT2D eigenvalue weighted by Gasteiger charge is -2.29. The highest BCUT2D eigenvalue weighted by Crippen LogP contribution is 2.19. The first-order valence-electron chi connectivity index (χ1n) is 4.89. The van der Waals surface area contributed by atoms with Gasteiger partial charge in [-0.25, -0.2) is 5.43 Å². The van der Waals surface area contributed by atoms with E-state index in [1.54, 1.807) is 0 Å². The van der Waals surface area contributed by atoms with Crippen molar-refractivity contribution in [3.63, 3.8) is 0 Å². The molecule has 0 rings (SSSR count). The van der Waals surface area contributed by atoms with Crippen molar-refractivity contribution in [1.29, 1.82) is 0 Å². The molecule has 4 N–H and O–H groups in total. The highest BCUT2D eigenvalue weighted by molar-refractivity contribution is 4.70. The van der Waals surface area contributed by atoms with Crippen LogP contribution in [0, 0.1) is 5.41 Å². The average molecular weight is 188 g/mol. The molecule has 0 aromatic carbocycles. The van der Waals surface area contributed by atoms with E-state index in [0.29, 0.717) is 5.41 Å². The predicted octanol–water partition coefficient (Wildman–Crippen LogP) is 0.322. The Labute approximate surface area is 81.8 Å². The van der Waals surface area contributed by atoms with Crippen LogP contribution in [-0.4, -0.2) is 31.6 Å². The van der Waals surface area contributed by atoms with Gasteiger partial charge in [-0.3, -0.25) is 5.84 Å². The molecule has 0 fully saturated rings. The van der Waals surface area contributed by atoms with Gasteiger partial charge in [0.15, 0.2) is 0 Å². The summed E-state index contributed by atoms with van der Waals surface area (Å²) in [6.45, 7) is 9.81. The monoisotopic (exact) mass is 188 g/mol. The van der Waals surface area contributed by atoms with Gasteiger partial charge in [0.1, 0.15) is 0 Å². The molecular weight excluding hydrogens is 164 g/mol. The van der Waals surface area contributed by atoms with Crippen molar-refractivity contribution in [2.24, 2.45) is 11.3 Å². The van der Waals surface area contributed by atoms with Crippen LogP contribution in [0.2, 0.25) is 0 Å². The van der Waals surface area contributed by atoms with Crippen molar-refractivity contribution >= 4 is 0 Å². The van der Waals surface area contributed by atoms with Crippen LogP contribution in [0.4, 0.5) is 0 Å². The van der Waals surface area contributed by atoms with Gasteiger partial charge in [0.2, 0.25) is 0 Å². The Morgan fingerprint density at radius 1 is 1.38 bits per heavy atom. The van der Waals surface area contributed by atoms with E-state index >= 15 is 0 Å². The van der Waals surface area contributed by atoms with Crippen molar-refractivity contribution in [2.75, 3.05) is 26.7 Å². The van der Waals surface area contributed by atoms with Gasteiger partial charge < -0.3 is 4.90 Å². The molecule has 13 heavy (non-hydrogen) atoms. The second kappa shape index (κ2) is 6.32. The first kappa shape index (κ1) is 12.8. The Bertz CT molecular complexity index is 125. The van der Waals surface area contributed by atoms with Crippen molar-refractivity contribution in [2.45, 2.75) is 27.2 Å². The van der Waals surface area contributed by atoms with Crippen LogP contribution in [0.3, 0.4) is 0 Å². The third-order valence-electron chi connectivity index (χ3n) is 2.38. The number of hydrogen-bond donors (Lipinski definition) is 3. The van der Waals surface area contributed by atoms with Gasteiger partial charge >= 0.3 is 0 Å². The highest BCUT2D eigenvalue weighted by Gasteiger charge is 2.16. The van der Waals surface area contributed by atoms with E-state index in [1.165, 1.54) is 6.42 Å². The second-order valence-electron chi connectivity index (χ2n) is 4.33. The van der Waals surface area contributed by atoms with Crippen molar-refractivity contribution < 1.29 is 0 Å². The number of nitrogens with zero attached hydrogens (tertiary/aromatic N) is 1. The minimum absolute atomic E-state index is 0.408. The molecule has 0 amide bonds. The Morgan fingerprint density at radius 2 is 2.00 bits per heavy atom. The number of nitrogens with one attached hydrogen (secondary N) is 2. The SMILES string of the molecule is CCC(C)(C)CN(C)CCNNN. The van der Waals surface area contributed by atoms with E-state index in [9.17, 15) is 0 Å². The van der Waals surface area contributed by atoms with Crippen LogP contribution in [0.15, 0.2) is 0 Å². The smallest absolute Gasteiger partial charge is 0.0241 e. The van der Waals surface area contributed by atoms with Gasteiger partial charge in [-0.1, -0.05) is 20.8 Å². The molecule has 0 unspecified atom stereocenters. The van der Waals surface area contributed by atoms with Gasteiger partial charge in [-0.05, 0) is 18.9 Å². The molecule has 0 aliphatic rings. The van der Waals surface area contributed by atoms with Gasteiger partial charge in [0, 0.05) is 19.6 Å². The van der Waals surface area contributed by atoms with E-state index in [2.05, 4.69) is 43.7 Å². The van der Waals surface area contributed by atoms with E-state index in [4.69, 9.17) is 5.84 Å².